The van der Waals surface area contributed by atoms with Gasteiger partial charge in [-0.1, -0.05) is 13.3 Å². The van der Waals surface area contributed by atoms with E-state index >= 15 is 0 Å². The van der Waals surface area contributed by atoms with Crippen molar-refractivity contribution in [2.45, 2.75) is 32.6 Å². The van der Waals surface area contributed by atoms with Gasteiger partial charge in [-0.3, -0.25) is 0 Å². The second kappa shape index (κ2) is 6.39. The summed E-state index contributed by atoms with van der Waals surface area (Å²) in [6.45, 7) is 4.35. The molecule has 1 fully saturated rings. The molecular formula is C15H26N4O. The van der Waals surface area contributed by atoms with Crippen molar-refractivity contribution in [1.29, 1.82) is 0 Å². The van der Waals surface area contributed by atoms with E-state index in [1.807, 2.05) is 25.1 Å². The highest BCUT2D eigenvalue weighted by Crippen LogP contribution is 2.35. The molecule has 1 N–H and O–H groups in total. The summed E-state index contributed by atoms with van der Waals surface area (Å²) in [6, 6.07) is 2.03. The monoisotopic (exact) mass is 278 g/mol. The minimum Gasteiger partial charge on any atom is -0.396 e. The second-order valence-electron chi connectivity index (χ2n) is 6.06. The first-order valence-corrected chi connectivity index (χ1v) is 7.45. The van der Waals surface area contributed by atoms with Gasteiger partial charge in [0.05, 0.1) is 6.61 Å². The van der Waals surface area contributed by atoms with Crippen LogP contribution in [-0.2, 0) is 0 Å². The van der Waals surface area contributed by atoms with Crippen molar-refractivity contribution in [1.82, 2.24) is 9.97 Å². The van der Waals surface area contributed by atoms with E-state index in [0.717, 1.165) is 50.4 Å². The normalized spacial score (nSPS) is 22.9. The lowest BCUT2D eigenvalue weighted by Crippen LogP contribution is -2.45. The minimum atomic E-state index is 0.0379. The molecule has 1 saturated heterocycles. The maximum Gasteiger partial charge on any atom is 0.134 e. The van der Waals surface area contributed by atoms with Gasteiger partial charge in [0.1, 0.15) is 18.0 Å². The summed E-state index contributed by atoms with van der Waals surface area (Å²) >= 11 is 0. The Labute approximate surface area is 121 Å². The molecule has 0 unspecified atom stereocenters. The van der Waals surface area contributed by atoms with Crippen molar-refractivity contribution < 1.29 is 5.11 Å². The summed E-state index contributed by atoms with van der Waals surface area (Å²) in [5, 5.41) is 9.81. The van der Waals surface area contributed by atoms with Crippen LogP contribution in [0.2, 0.25) is 0 Å². The number of aromatic nitrogens is 2. The topological polar surface area (TPSA) is 52.5 Å². The highest BCUT2D eigenvalue weighted by atomic mass is 16.3. The van der Waals surface area contributed by atoms with Crippen LogP contribution in [0, 0.1) is 5.41 Å². The van der Waals surface area contributed by atoms with Gasteiger partial charge >= 0.3 is 0 Å². The first-order valence-electron chi connectivity index (χ1n) is 7.45. The standard InChI is InChI=1S/C15H26N4O/c1-4-6-15(11-20)7-5-8-19(10-15)14-9-13(18(2)3)16-12-17-14/h9,12,20H,4-8,10-11H2,1-3H3/t15-/m1/s1. The van der Waals surface area contributed by atoms with Gasteiger partial charge in [-0.2, -0.15) is 0 Å². The van der Waals surface area contributed by atoms with Crippen molar-refractivity contribution >= 4 is 11.6 Å². The Morgan fingerprint density at radius 2 is 2.20 bits per heavy atom. The van der Waals surface area contributed by atoms with E-state index in [0.29, 0.717) is 0 Å². The zero-order valence-electron chi connectivity index (χ0n) is 12.8. The Bertz CT molecular complexity index is 434. The molecule has 0 bridgehead atoms. The van der Waals surface area contributed by atoms with E-state index in [9.17, 15) is 5.11 Å². The number of piperidine rings is 1. The first-order chi connectivity index (χ1) is 9.60. The Hall–Kier alpha value is -1.36. The van der Waals surface area contributed by atoms with E-state index in [1.165, 1.54) is 0 Å². The van der Waals surface area contributed by atoms with Crippen molar-refractivity contribution in [3.8, 4) is 0 Å². The lowest BCUT2D eigenvalue weighted by Gasteiger charge is -2.42. The quantitative estimate of drug-likeness (QED) is 0.892. The second-order valence-corrected chi connectivity index (χ2v) is 6.06. The number of aliphatic hydroxyl groups is 1. The number of hydrogen-bond acceptors (Lipinski definition) is 5. The fourth-order valence-corrected chi connectivity index (χ4v) is 3.10. The number of rotatable bonds is 5. The SMILES string of the molecule is CCC[C@@]1(CO)CCCN(c2cc(N(C)C)ncn2)C1. The molecular weight excluding hydrogens is 252 g/mol. The first kappa shape index (κ1) is 15.0. The predicted molar refractivity (Wildman–Crippen MR) is 82.2 cm³/mol. The molecule has 5 nitrogen and oxygen atoms in total. The van der Waals surface area contributed by atoms with Crippen LogP contribution < -0.4 is 9.80 Å². The maximum absolute atomic E-state index is 9.81. The number of hydrogen-bond donors (Lipinski definition) is 1. The van der Waals surface area contributed by atoms with Crippen molar-refractivity contribution in [2.75, 3.05) is 43.6 Å². The van der Waals surface area contributed by atoms with Crippen LogP contribution in [-0.4, -0.2) is 48.9 Å². The van der Waals surface area contributed by atoms with Crippen LogP contribution in [0.15, 0.2) is 12.4 Å². The Morgan fingerprint density at radius 3 is 2.85 bits per heavy atom. The molecule has 1 aromatic heterocycles. The van der Waals surface area contributed by atoms with Gasteiger partial charge in [-0.15, -0.1) is 0 Å². The third kappa shape index (κ3) is 3.20. The van der Waals surface area contributed by atoms with Gasteiger partial charge in [0.2, 0.25) is 0 Å². The third-order valence-electron chi connectivity index (χ3n) is 4.20. The molecule has 1 aromatic rings. The molecule has 0 aromatic carbocycles. The van der Waals surface area contributed by atoms with Crippen LogP contribution >= 0.6 is 0 Å². The van der Waals surface area contributed by atoms with Crippen LogP contribution in [0.5, 0.6) is 0 Å². The molecule has 1 aliphatic rings. The summed E-state index contributed by atoms with van der Waals surface area (Å²) in [6.07, 6.45) is 6.04. The molecule has 2 heterocycles. The lowest BCUT2D eigenvalue weighted by atomic mass is 9.77. The third-order valence-corrected chi connectivity index (χ3v) is 4.20. The number of aliphatic hydroxyl groups excluding tert-OH is 1. The van der Waals surface area contributed by atoms with Gasteiger partial charge in [0, 0.05) is 38.7 Å². The summed E-state index contributed by atoms with van der Waals surface area (Å²) in [7, 11) is 3.97. The van der Waals surface area contributed by atoms with Crippen molar-refractivity contribution in [3.63, 3.8) is 0 Å². The molecule has 112 valence electrons. The Balaban J connectivity index is 2.18. The fourth-order valence-electron chi connectivity index (χ4n) is 3.10. The number of anilines is 2. The van der Waals surface area contributed by atoms with Crippen LogP contribution in [0.3, 0.4) is 0 Å². The van der Waals surface area contributed by atoms with E-state index in [1.54, 1.807) is 6.33 Å². The molecule has 0 amide bonds. The van der Waals surface area contributed by atoms with Gasteiger partial charge in [0.15, 0.2) is 0 Å². The summed E-state index contributed by atoms with van der Waals surface area (Å²) in [5.41, 5.74) is 0.0379. The summed E-state index contributed by atoms with van der Waals surface area (Å²) in [5.74, 6) is 1.89. The molecule has 0 saturated carbocycles. The number of nitrogens with zero attached hydrogens (tertiary/aromatic N) is 4. The summed E-state index contributed by atoms with van der Waals surface area (Å²) < 4.78 is 0. The van der Waals surface area contributed by atoms with Gasteiger partial charge in [-0.05, 0) is 19.3 Å². The van der Waals surface area contributed by atoms with E-state index in [2.05, 4.69) is 21.8 Å². The molecule has 2 rings (SSSR count). The maximum atomic E-state index is 9.81. The molecule has 0 spiro atoms. The van der Waals surface area contributed by atoms with Crippen LogP contribution in [0.4, 0.5) is 11.6 Å². The van der Waals surface area contributed by atoms with Crippen LogP contribution in [0.25, 0.3) is 0 Å². The molecule has 0 aliphatic carbocycles. The molecule has 0 radical (unpaired) electrons. The van der Waals surface area contributed by atoms with Crippen molar-refractivity contribution in [2.24, 2.45) is 5.41 Å². The Kier molecular flexibility index (Phi) is 4.81. The van der Waals surface area contributed by atoms with Gasteiger partial charge < -0.3 is 14.9 Å². The van der Waals surface area contributed by atoms with Gasteiger partial charge in [0.25, 0.3) is 0 Å². The zero-order valence-corrected chi connectivity index (χ0v) is 12.8. The average Bonchev–Trinajstić information content (AvgIpc) is 2.48. The van der Waals surface area contributed by atoms with Gasteiger partial charge in [-0.25, -0.2) is 9.97 Å². The highest BCUT2D eigenvalue weighted by molar-refractivity contribution is 5.49. The highest BCUT2D eigenvalue weighted by Gasteiger charge is 2.34. The van der Waals surface area contributed by atoms with Crippen molar-refractivity contribution in [3.05, 3.63) is 12.4 Å². The zero-order chi connectivity index (χ0) is 14.6. The summed E-state index contributed by atoms with van der Waals surface area (Å²) in [4.78, 5) is 13.0. The largest absolute Gasteiger partial charge is 0.396 e. The lowest BCUT2D eigenvalue weighted by molar-refractivity contribution is 0.0952. The average molecular weight is 278 g/mol. The molecule has 5 heteroatoms. The predicted octanol–water partition coefficient (Wildman–Crippen LogP) is 1.92. The van der Waals surface area contributed by atoms with E-state index < -0.39 is 0 Å². The minimum absolute atomic E-state index is 0.0379. The molecule has 1 aliphatic heterocycles. The van der Waals surface area contributed by atoms with E-state index in [-0.39, 0.29) is 12.0 Å². The molecule has 20 heavy (non-hydrogen) atoms. The Morgan fingerprint density at radius 1 is 1.40 bits per heavy atom. The molecule has 1 atom stereocenters. The van der Waals surface area contributed by atoms with Crippen LogP contribution in [0.1, 0.15) is 32.6 Å². The smallest absolute Gasteiger partial charge is 0.134 e. The fraction of sp³-hybridized carbons (Fsp3) is 0.733. The van der Waals surface area contributed by atoms with E-state index in [4.69, 9.17) is 0 Å².